The van der Waals surface area contributed by atoms with Crippen LogP contribution in [0.5, 0.6) is 0 Å². The predicted molar refractivity (Wildman–Crippen MR) is 72.5 cm³/mol. The number of carbonyl (C=O) groups is 1. The molecule has 0 aromatic rings. The Bertz CT molecular complexity index is 261. The molecule has 0 aliphatic carbocycles. The minimum Gasteiger partial charge on any atom is -0.383 e. The van der Waals surface area contributed by atoms with Gasteiger partial charge in [-0.05, 0) is 32.9 Å². The molecule has 1 aliphatic rings. The lowest BCUT2D eigenvalue weighted by molar-refractivity contribution is -0.121. The van der Waals surface area contributed by atoms with E-state index >= 15 is 0 Å². The fourth-order valence-electron chi connectivity index (χ4n) is 2.50. The summed E-state index contributed by atoms with van der Waals surface area (Å²) in [6, 6.07) is 0.517. The van der Waals surface area contributed by atoms with Crippen molar-refractivity contribution in [3.05, 3.63) is 0 Å². The number of ether oxygens (including phenoxy) is 1. The molecule has 1 aliphatic heterocycles. The van der Waals surface area contributed by atoms with Crippen LogP contribution in [-0.2, 0) is 9.53 Å². The molecule has 0 radical (unpaired) electrons. The fraction of sp³-hybridized carbons (Fsp3) is 0.923. The summed E-state index contributed by atoms with van der Waals surface area (Å²) in [7, 11) is 3.78. The van der Waals surface area contributed by atoms with Crippen LogP contribution >= 0.6 is 0 Å². The van der Waals surface area contributed by atoms with Gasteiger partial charge in [0, 0.05) is 25.7 Å². The Morgan fingerprint density at radius 2 is 2.28 bits per heavy atom. The molecule has 5 heteroatoms. The maximum Gasteiger partial charge on any atom is 0.234 e. The molecule has 1 saturated heterocycles. The number of hydrogen-bond donors (Lipinski definition) is 2. The number of nitrogens with zero attached hydrogens (tertiary/aromatic N) is 1. The Balaban J connectivity index is 2.21. The first-order valence-corrected chi connectivity index (χ1v) is 6.73. The van der Waals surface area contributed by atoms with E-state index < -0.39 is 0 Å². The summed E-state index contributed by atoms with van der Waals surface area (Å²) >= 11 is 0. The molecule has 0 bridgehead atoms. The molecule has 1 fully saturated rings. The summed E-state index contributed by atoms with van der Waals surface area (Å²) in [5.74, 6) is 0.638. The standard InChI is InChI=1S/C13H27N3O2/c1-10-8-16(3)6-5-12(10)14-7-13(17)15-11(2)9-18-4/h10-12,14H,5-9H2,1-4H3,(H,15,17). The van der Waals surface area contributed by atoms with Gasteiger partial charge in [0.05, 0.1) is 13.2 Å². The van der Waals surface area contributed by atoms with Crippen LogP contribution in [0.3, 0.4) is 0 Å². The number of carbonyl (C=O) groups excluding carboxylic acids is 1. The fourth-order valence-corrected chi connectivity index (χ4v) is 2.50. The first-order valence-electron chi connectivity index (χ1n) is 6.73. The molecule has 0 aromatic heterocycles. The van der Waals surface area contributed by atoms with Crippen LogP contribution in [0.15, 0.2) is 0 Å². The molecule has 2 N–H and O–H groups in total. The Morgan fingerprint density at radius 1 is 1.56 bits per heavy atom. The molecule has 106 valence electrons. The number of likely N-dealkylation sites (tertiary alicyclic amines) is 1. The van der Waals surface area contributed by atoms with E-state index in [0.29, 0.717) is 25.1 Å². The van der Waals surface area contributed by atoms with Gasteiger partial charge in [0.2, 0.25) is 5.91 Å². The van der Waals surface area contributed by atoms with E-state index in [2.05, 4.69) is 29.5 Å². The number of hydrogen-bond acceptors (Lipinski definition) is 4. The van der Waals surface area contributed by atoms with Crippen LogP contribution in [0.4, 0.5) is 0 Å². The summed E-state index contributed by atoms with van der Waals surface area (Å²) in [4.78, 5) is 14.0. The van der Waals surface area contributed by atoms with Crippen LogP contribution in [0.1, 0.15) is 20.3 Å². The van der Waals surface area contributed by atoms with Crippen molar-refractivity contribution in [2.24, 2.45) is 5.92 Å². The van der Waals surface area contributed by atoms with Crippen LogP contribution in [0.25, 0.3) is 0 Å². The third kappa shape index (κ3) is 5.33. The summed E-state index contributed by atoms with van der Waals surface area (Å²) in [6.07, 6.45) is 1.11. The molecular formula is C13H27N3O2. The van der Waals surface area contributed by atoms with E-state index in [1.807, 2.05) is 6.92 Å². The number of amides is 1. The molecule has 0 aromatic carbocycles. The molecule has 3 atom stereocenters. The Kier molecular flexibility index (Phi) is 6.60. The van der Waals surface area contributed by atoms with E-state index in [4.69, 9.17) is 4.74 Å². The topological polar surface area (TPSA) is 53.6 Å². The molecule has 0 saturated carbocycles. The van der Waals surface area contributed by atoms with Gasteiger partial charge in [0.25, 0.3) is 0 Å². The van der Waals surface area contributed by atoms with Crippen molar-refractivity contribution >= 4 is 5.91 Å². The van der Waals surface area contributed by atoms with Gasteiger partial charge in [-0.1, -0.05) is 6.92 Å². The lowest BCUT2D eigenvalue weighted by Crippen LogP contribution is -2.50. The van der Waals surface area contributed by atoms with E-state index in [0.717, 1.165) is 19.5 Å². The smallest absolute Gasteiger partial charge is 0.234 e. The van der Waals surface area contributed by atoms with E-state index in [1.165, 1.54) is 0 Å². The first kappa shape index (κ1) is 15.4. The predicted octanol–water partition coefficient (Wildman–Crippen LogP) is 0.0673. The van der Waals surface area contributed by atoms with E-state index in [1.54, 1.807) is 7.11 Å². The second kappa shape index (κ2) is 7.71. The third-order valence-electron chi connectivity index (χ3n) is 3.46. The van der Waals surface area contributed by atoms with Crippen LogP contribution in [-0.4, -0.2) is 63.3 Å². The van der Waals surface area contributed by atoms with Crippen molar-refractivity contribution < 1.29 is 9.53 Å². The maximum atomic E-state index is 11.7. The quantitative estimate of drug-likeness (QED) is 0.707. The summed E-state index contributed by atoms with van der Waals surface area (Å²) in [6.45, 7) is 7.32. The van der Waals surface area contributed by atoms with Gasteiger partial charge in [-0.2, -0.15) is 0 Å². The van der Waals surface area contributed by atoms with Crippen molar-refractivity contribution in [1.82, 2.24) is 15.5 Å². The molecule has 5 nitrogen and oxygen atoms in total. The van der Waals surface area contributed by atoms with Crippen LogP contribution in [0, 0.1) is 5.92 Å². The number of rotatable bonds is 6. The third-order valence-corrected chi connectivity index (χ3v) is 3.46. The zero-order valence-electron chi connectivity index (χ0n) is 12.0. The molecule has 0 spiro atoms. The molecule has 1 rings (SSSR count). The Labute approximate surface area is 110 Å². The van der Waals surface area contributed by atoms with Crippen LogP contribution in [0.2, 0.25) is 0 Å². The SMILES string of the molecule is COCC(C)NC(=O)CNC1CCN(C)CC1C. The average molecular weight is 257 g/mol. The highest BCUT2D eigenvalue weighted by Gasteiger charge is 2.24. The van der Waals surface area contributed by atoms with E-state index in [9.17, 15) is 4.79 Å². The van der Waals surface area contributed by atoms with E-state index in [-0.39, 0.29) is 11.9 Å². The van der Waals surface area contributed by atoms with Gasteiger partial charge >= 0.3 is 0 Å². The Hall–Kier alpha value is -0.650. The van der Waals surface area contributed by atoms with Crippen molar-refractivity contribution in [2.45, 2.75) is 32.4 Å². The number of nitrogens with one attached hydrogen (secondary N) is 2. The van der Waals surface area contributed by atoms with Gasteiger partial charge in [-0.25, -0.2) is 0 Å². The second-order valence-electron chi connectivity index (χ2n) is 5.44. The number of methoxy groups -OCH3 is 1. The zero-order valence-corrected chi connectivity index (χ0v) is 12.0. The summed E-state index contributed by atoms with van der Waals surface area (Å²) in [5.41, 5.74) is 0. The zero-order chi connectivity index (χ0) is 13.5. The minimum atomic E-state index is 0.0469. The average Bonchev–Trinajstić information content (AvgIpc) is 2.28. The highest BCUT2D eigenvalue weighted by molar-refractivity contribution is 5.78. The minimum absolute atomic E-state index is 0.0469. The van der Waals surface area contributed by atoms with Crippen molar-refractivity contribution in [3.8, 4) is 0 Å². The Morgan fingerprint density at radius 3 is 2.89 bits per heavy atom. The maximum absolute atomic E-state index is 11.7. The summed E-state index contributed by atoms with van der Waals surface area (Å²) < 4.78 is 4.99. The highest BCUT2D eigenvalue weighted by Crippen LogP contribution is 2.14. The number of piperidine rings is 1. The lowest BCUT2D eigenvalue weighted by Gasteiger charge is -2.35. The molecule has 18 heavy (non-hydrogen) atoms. The lowest BCUT2D eigenvalue weighted by atomic mass is 9.94. The molecule has 1 amide bonds. The molecule has 3 unspecified atom stereocenters. The van der Waals surface area contributed by atoms with Crippen LogP contribution < -0.4 is 10.6 Å². The van der Waals surface area contributed by atoms with Gasteiger partial charge in [-0.15, -0.1) is 0 Å². The highest BCUT2D eigenvalue weighted by atomic mass is 16.5. The first-order chi connectivity index (χ1) is 8.52. The normalized spacial score (nSPS) is 26.9. The van der Waals surface area contributed by atoms with Gasteiger partial charge in [0.15, 0.2) is 0 Å². The van der Waals surface area contributed by atoms with Gasteiger partial charge < -0.3 is 20.3 Å². The largest absolute Gasteiger partial charge is 0.383 e. The van der Waals surface area contributed by atoms with Gasteiger partial charge in [0.1, 0.15) is 0 Å². The van der Waals surface area contributed by atoms with Crippen molar-refractivity contribution in [3.63, 3.8) is 0 Å². The van der Waals surface area contributed by atoms with Crippen molar-refractivity contribution in [2.75, 3.05) is 40.4 Å². The monoisotopic (exact) mass is 257 g/mol. The summed E-state index contributed by atoms with van der Waals surface area (Å²) in [5, 5.41) is 6.27. The molecular weight excluding hydrogens is 230 g/mol. The molecule has 1 heterocycles. The van der Waals surface area contributed by atoms with Gasteiger partial charge in [-0.3, -0.25) is 4.79 Å². The second-order valence-corrected chi connectivity index (χ2v) is 5.44. The van der Waals surface area contributed by atoms with Crippen molar-refractivity contribution in [1.29, 1.82) is 0 Å².